The van der Waals surface area contributed by atoms with Gasteiger partial charge in [-0.15, -0.1) is 0 Å². The molecule has 1 amide bonds. The first-order valence-corrected chi connectivity index (χ1v) is 7.26. The SMILES string of the molecule is CC(C)CC(CNC(=O)C1C(C(=O)O)C1(C)C)N(C)C. The predicted octanol–water partition coefficient (Wildman–Crippen LogP) is 1.44. The molecular weight excluding hydrogens is 256 g/mol. The van der Waals surface area contributed by atoms with Crippen LogP contribution in [0.5, 0.6) is 0 Å². The van der Waals surface area contributed by atoms with Crippen molar-refractivity contribution >= 4 is 11.9 Å². The number of hydrogen-bond acceptors (Lipinski definition) is 3. The van der Waals surface area contributed by atoms with Gasteiger partial charge in [0.05, 0.1) is 11.8 Å². The zero-order valence-electron chi connectivity index (χ0n) is 13.4. The van der Waals surface area contributed by atoms with E-state index in [1.54, 1.807) is 0 Å². The molecule has 0 radical (unpaired) electrons. The predicted molar refractivity (Wildman–Crippen MR) is 78.3 cm³/mol. The maximum atomic E-state index is 12.2. The quantitative estimate of drug-likeness (QED) is 0.742. The van der Waals surface area contributed by atoms with Crippen molar-refractivity contribution in [2.24, 2.45) is 23.2 Å². The van der Waals surface area contributed by atoms with Gasteiger partial charge < -0.3 is 15.3 Å². The number of rotatable bonds is 7. The summed E-state index contributed by atoms with van der Waals surface area (Å²) >= 11 is 0. The van der Waals surface area contributed by atoms with Crippen molar-refractivity contribution < 1.29 is 14.7 Å². The second kappa shape index (κ2) is 6.12. The molecule has 0 aromatic rings. The number of carbonyl (C=O) groups excluding carboxylic acids is 1. The highest BCUT2D eigenvalue weighted by atomic mass is 16.4. The number of nitrogens with zero attached hydrogens (tertiary/aromatic N) is 1. The molecule has 0 aromatic heterocycles. The lowest BCUT2D eigenvalue weighted by Gasteiger charge is -2.26. The van der Waals surface area contributed by atoms with Crippen LogP contribution in [0, 0.1) is 23.2 Å². The highest BCUT2D eigenvalue weighted by molar-refractivity contribution is 5.91. The Morgan fingerprint density at radius 3 is 2.15 bits per heavy atom. The Hall–Kier alpha value is -1.10. The second-order valence-corrected chi connectivity index (χ2v) is 7.11. The van der Waals surface area contributed by atoms with Crippen molar-refractivity contribution in [2.45, 2.75) is 40.2 Å². The summed E-state index contributed by atoms with van der Waals surface area (Å²) in [6, 6.07) is 0.282. The normalized spacial score (nSPS) is 25.6. The van der Waals surface area contributed by atoms with Crippen LogP contribution in [0.15, 0.2) is 0 Å². The molecule has 3 atom stereocenters. The molecule has 3 unspecified atom stereocenters. The zero-order valence-corrected chi connectivity index (χ0v) is 13.4. The van der Waals surface area contributed by atoms with E-state index in [4.69, 9.17) is 5.11 Å². The average molecular weight is 284 g/mol. The first-order chi connectivity index (χ1) is 9.09. The highest BCUT2D eigenvalue weighted by Gasteiger charge is 2.65. The van der Waals surface area contributed by atoms with Crippen molar-refractivity contribution in [2.75, 3.05) is 20.6 Å². The molecule has 0 saturated heterocycles. The first-order valence-electron chi connectivity index (χ1n) is 7.26. The highest BCUT2D eigenvalue weighted by Crippen LogP contribution is 2.58. The summed E-state index contributed by atoms with van der Waals surface area (Å²) in [7, 11) is 4.00. The third-order valence-corrected chi connectivity index (χ3v) is 4.36. The number of carboxylic acids is 1. The summed E-state index contributed by atoms with van der Waals surface area (Å²) < 4.78 is 0. The fraction of sp³-hybridized carbons (Fsp3) is 0.867. The number of carboxylic acid groups (broad SMARTS) is 1. The van der Waals surface area contributed by atoms with Crippen LogP contribution in [0.1, 0.15) is 34.1 Å². The molecular formula is C15H28N2O3. The Bertz CT molecular complexity index is 377. The van der Waals surface area contributed by atoms with E-state index in [-0.39, 0.29) is 11.9 Å². The molecule has 0 aromatic carbocycles. The standard InChI is InChI=1S/C15H28N2O3/c1-9(2)7-10(17(5)6)8-16-13(18)11-12(14(19)20)15(11,3)4/h9-12H,7-8H2,1-6H3,(H,16,18)(H,19,20). The van der Waals surface area contributed by atoms with Crippen molar-refractivity contribution in [1.29, 1.82) is 0 Å². The molecule has 1 fully saturated rings. The molecule has 1 aliphatic rings. The van der Waals surface area contributed by atoms with Crippen molar-refractivity contribution in [1.82, 2.24) is 10.2 Å². The lowest BCUT2D eigenvalue weighted by Crippen LogP contribution is -2.42. The van der Waals surface area contributed by atoms with E-state index in [2.05, 4.69) is 24.1 Å². The minimum atomic E-state index is -0.874. The van der Waals surface area contributed by atoms with Crippen LogP contribution < -0.4 is 5.32 Å². The molecule has 20 heavy (non-hydrogen) atoms. The van der Waals surface area contributed by atoms with Crippen LogP contribution in [0.25, 0.3) is 0 Å². The Morgan fingerprint density at radius 1 is 1.25 bits per heavy atom. The van der Waals surface area contributed by atoms with Gasteiger partial charge in [0.25, 0.3) is 0 Å². The van der Waals surface area contributed by atoms with E-state index in [1.165, 1.54) is 0 Å². The summed E-state index contributed by atoms with van der Waals surface area (Å²) in [4.78, 5) is 25.4. The third kappa shape index (κ3) is 3.72. The summed E-state index contributed by atoms with van der Waals surface area (Å²) in [6.45, 7) is 8.57. The topological polar surface area (TPSA) is 69.6 Å². The summed E-state index contributed by atoms with van der Waals surface area (Å²) in [5.41, 5.74) is -0.429. The fourth-order valence-corrected chi connectivity index (χ4v) is 2.94. The largest absolute Gasteiger partial charge is 0.481 e. The van der Waals surface area contributed by atoms with Crippen LogP contribution in [-0.4, -0.2) is 48.6 Å². The molecule has 0 heterocycles. The van der Waals surface area contributed by atoms with Crippen LogP contribution in [0.4, 0.5) is 0 Å². The minimum Gasteiger partial charge on any atom is -0.481 e. The van der Waals surface area contributed by atoms with Crippen LogP contribution in [0.2, 0.25) is 0 Å². The third-order valence-electron chi connectivity index (χ3n) is 4.36. The summed E-state index contributed by atoms with van der Waals surface area (Å²) in [6.07, 6.45) is 1.00. The summed E-state index contributed by atoms with van der Waals surface area (Å²) in [5, 5.41) is 12.0. The Labute approximate surface area is 121 Å². The second-order valence-electron chi connectivity index (χ2n) is 7.11. The van der Waals surface area contributed by atoms with Gasteiger partial charge in [-0.1, -0.05) is 27.7 Å². The van der Waals surface area contributed by atoms with Gasteiger partial charge in [0.2, 0.25) is 5.91 Å². The molecule has 0 aliphatic heterocycles. The van der Waals surface area contributed by atoms with Gasteiger partial charge in [-0.25, -0.2) is 0 Å². The Kier molecular flexibility index (Phi) is 5.19. The first kappa shape index (κ1) is 17.0. The maximum absolute atomic E-state index is 12.2. The van der Waals surface area contributed by atoms with E-state index in [1.807, 2.05) is 27.9 Å². The molecule has 1 saturated carbocycles. The number of carbonyl (C=O) groups is 2. The molecule has 5 heteroatoms. The molecule has 1 rings (SSSR count). The van der Waals surface area contributed by atoms with Crippen molar-refractivity contribution in [3.63, 3.8) is 0 Å². The lowest BCUT2D eigenvalue weighted by atomic mass is 10.0. The number of amides is 1. The van der Waals surface area contributed by atoms with Crippen molar-refractivity contribution in [3.8, 4) is 0 Å². The molecule has 116 valence electrons. The van der Waals surface area contributed by atoms with E-state index < -0.39 is 23.2 Å². The van der Waals surface area contributed by atoms with Gasteiger partial charge in [-0.3, -0.25) is 9.59 Å². The van der Waals surface area contributed by atoms with Crippen LogP contribution >= 0.6 is 0 Å². The van der Waals surface area contributed by atoms with E-state index >= 15 is 0 Å². The Balaban J connectivity index is 2.53. The number of likely N-dealkylation sites (N-methyl/N-ethyl adjacent to an activating group) is 1. The number of nitrogens with one attached hydrogen (secondary N) is 1. The zero-order chi connectivity index (χ0) is 15.7. The smallest absolute Gasteiger partial charge is 0.307 e. The summed E-state index contributed by atoms with van der Waals surface area (Å²) in [5.74, 6) is -1.39. The fourth-order valence-electron chi connectivity index (χ4n) is 2.94. The van der Waals surface area contributed by atoms with Gasteiger partial charge in [-0.2, -0.15) is 0 Å². The average Bonchev–Trinajstić information content (AvgIpc) is 2.86. The van der Waals surface area contributed by atoms with Crippen LogP contribution in [-0.2, 0) is 9.59 Å². The lowest BCUT2D eigenvalue weighted by molar-refractivity contribution is -0.140. The van der Waals surface area contributed by atoms with Crippen molar-refractivity contribution in [3.05, 3.63) is 0 Å². The maximum Gasteiger partial charge on any atom is 0.307 e. The van der Waals surface area contributed by atoms with Gasteiger partial charge >= 0.3 is 5.97 Å². The van der Waals surface area contributed by atoms with Crippen LogP contribution in [0.3, 0.4) is 0 Å². The van der Waals surface area contributed by atoms with Gasteiger partial charge in [0.15, 0.2) is 0 Å². The molecule has 1 aliphatic carbocycles. The van der Waals surface area contributed by atoms with Gasteiger partial charge in [-0.05, 0) is 31.8 Å². The number of hydrogen-bond donors (Lipinski definition) is 2. The molecule has 0 spiro atoms. The van der Waals surface area contributed by atoms with E-state index in [0.29, 0.717) is 12.5 Å². The Morgan fingerprint density at radius 2 is 1.80 bits per heavy atom. The number of aliphatic carboxylic acids is 1. The minimum absolute atomic E-state index is 0.127. The molecule has 5 nitrogen and oxygen atoms in total. The molecule has 0 bridgehead atoms. The monoisotopic (exact) mass is 284 g/mol. The van der Waals surface area contributed by atoms with E-state index in [0.717, 1.165) is 6.42 Å². The van der Waals surface area contributed by atoms with Gasteiger partial charge in [0.1, 0.15) is 0 Å². The van der Waals surface area contributed by atoms with Gasteiger partial charge in [0, 0.05) is 12.6 Å². The molecule has 2 N–H and O–H groups in total. The van der Waals surface area contributed by atoms with E-state index in [9.17, 15) is 9.59 Å².